The van der Waals surface area contributed by atoms with Crippen LogP contribution in [0.5, 0.6) is 0 Å². The van der Waals surface area contributed by atoms with Gasteiger partial charge in [0.1, 0.15) is 0 Å². The molecule has 2 aliphatic rings. The zero-order chi connectivity index (χ0) is 13.1. The van der Waals surface area contributed by atoms with Gasteiger partial charge in [0.05, 0.1) is 12.7 Å². The highest BCUT2D eigenvalue weighted by Gasteiger charge is 2.30. The molecule has 2 saturated heterocycles. The standard InChI is InChI=1S/C12H23N3O3/c1-9-5-13-11(8-15(9)12(16)17)7-14-3-4-18-10(2)6-14/h9-11,13H,3-8H2,1-2H3,(H,16,17)/t9?,10-,11?/m1/s1. The fourth-order valence-electron chi connectivity index (χ4n) is 2.69. The maximum atomic E-state index is 11.1. The summed E-state index contributed by atoms with van der Waals surface area (Å²) in [7, 11) is 0. The molecule has 0 aromatic carbocycles. The van der Waals surface area contributed by atoms with Crippen LogP contribution in [0.15, 0.2) is 0 Å². The van der Waals surface area contributed by atoms with Crippen LogP contribution in [0.4, 0.5) is 4.79 Å². The fourth-order valence-corrected chi connectivity index (χ4v) is 2.69. The monoisotopic (exact) mass is 257 g/mol. The van der Waals surface area contributed by atoms with Crippen LogP contribution < -0.4 is 5.32 Å². The minimum absolute atomic E-state index is 0.0577. The lowest BCUT2D eigenvalue weighted by atomic mass is 10.1. The molecular weight excluding hydrogens is 234 g/mol. The highest BCUT2D eigenvalue weighted by molar-refractivity contribution is 5.65. The summed E-state index contributed by atoms with van der Waals surface area (Å²) < 4.78 is 5.51. The first-order valence-electron chi connectivity index (χ1n) is 6.63. The van der Waals surface area contributed by atoms with Gasteiger partial charge in [0, 0.05) is 44.8 Å². The van der Waals surface area contributed by atoms with Gasteiger partial charge in [-0.2, -0.15) is 0 Å². The molecule has 2 unspecified atom stereocenters. The van der Waals surface area contributed by atoms with Gasteiger partial charge in [-0.15, -0.1) is 0 Å². The highest BCUT2D eigenvalue weighted by atomic mass is 16.5. The molecule has 1 amide bonds. The average Bonchev–Trinajstić information content (AvgIpc) is 2.31. The van der Waals surface area contributed by atoms with E-state index in [1.165, 1.54) is 4.90 Å². The average molecular weight is 257 g/mol. The number of nitrogens with zero attached hydrogens (tertiary/aromatic N) is 2. The predicted octanol–water partition coefficient (Wildman–Crippen LogP) is 0.0474. The molecule has 104 valence electrons. The SMILES string of the molecule is CC1CNC(CN2CCO[C@H](C)C2)CN1C(=O)O. The van der Waals surface area contributed by atoms with Crippen molar-refractivity contribution in [1.29, 1.82) is 0 Å². The number of hydrogen-bond donors (Lipinski definition) is 2. The van der Waals surface area contributed by atoms with Gasteiger partial charge in [-0.3, -0.25) is 4.90 Å². The first-order chi connectivity index (χ1) is 8.56. The lowest BCUT2D eigenvalue weighted by Crippen LogP contribution is -2.60. The van der Waals surface area contributed by atoms with Crippen molar-refractivity contribution >= 4 is 6.09 Å². The van der Waals surface area contributed by atoms with E-state index in [0.717, 1.165) is 32.8 Å². The minimum atomic E-state index is -0.815. The van der Waals surface area contributed by atoms with E-state index in [1.807, 2.05) is 6.92 Å². The largest absolute Gasteiger partial charge is 0.465 e. The van der Waals surface area contributed by atoms with E-state index in [0.29, 0.717) is 6.54 Å². The second-order valence-electron chi connectivity index (χ2n) is 5.33. The predicted molar refractivity (Wildman–Crippen MR) is 67.8 cm³/mol. The molecule has 2 aliphatic heterocycles. The number of amides is 1. The maximum absolute atomic E-state index is 11.1. The Morgan fingerprint density at radius 3 is 2.89 bits per heavy atom. The lowest BCUT2D eigenvalue weighted by molar-refractivity contribution is -0.0239. The van der Waals surface area contributed by atoms with E-state index in [1.54, 1.807) is 0 Å². The molecule has 0 spiro atoms. The number of carboxylic acid groups (broad SMARTS) is 1. The smallest absolute Gasteiger partial charge is 0.407 e. The van der Waals surface area contributed by atoms with E-state index < -0.39 is 6.09 Å². The van der Waals surface area contributed by atoms with Crippen LogP contribution in [0.1, 0.15) is 13.8 Å². The van der Waals surface area contributed by atoms with E-state index in [9.17, 15) is 4.79 Å². The molecule has 0 radical (unpaired) electrons. The summed E-state index contributed by atoms with van der Waals surface area (Å²) in [6.07, 6.45) is -0.541. The molecule has 2 N–H and O–H groups in total. The Labute approximate surface area is 108 Å². The molecule has 0 aliphatic carbocycles. The van der Waals surface area contributed by atoms with Gasteiger partial charge in [-0.05, 0) is 13.8 Å². The molecule has 2 heterocycles. The minimum Gasteiger partial charge on any atom is -0.465 e. The van der Waals surface area contributed by atoms with E-state index >= 15 is 0 Å². The van der Waals surface area contributed by atoms with Crippen molar-refractivity contribution in [3.05, 3.63) is 0 Å². The molecule has 0 aromatic heterocycles. The van der Waals surface area contributed by atoms with Crippen LogP contribution in [0, 0.1) is 0 Å². The third-order valence-electron chi connectivity index (χ3n) is 3.70. The molecule has 2 fully saturated rings. The zero-order valence-electron chi connectivity index (χ0n) is 11.1. The Kier molecular flexibility index (Phi) is 4.42. The Balaban J connectivity index is 1.84. The number of hydrogen-bond acceptors (Lipinski definition) is 4. The third kappa shape index (κ3) is 3.34. The van der Waals surface area contributed by atoms with Crippen molar-refractivity contribution in [3.63, 3.8) is 0 Å². The first kappa shape index (κ1) is 13.6. The van der Waals surface area contributed by atoms with Crippen LogP contribution >= 0.6 is 0 Å². The highest BCUT2D eigenvalue weighted by Crippen LogP contribution is 2.10. The molecule has 3 atom stereocenters. The number of rotatable bonds is 2. The van der Waals surface area contributed by atoms with Crippen molar-refractivity contribution in [2.75, 3.05) is 39.3 Å². The van der Waals surface area contributed by atoms with Crippen LogP contribution in [0.25, 0.3) is 0 Å². The molecule has 6 heteroatoms. The van der Waals surface area contributed by atoms with E-state index in [4.69, 9.17) is 9.84 Å². The Hall–Kier alpha value is -0.850. The summed E-state index contributed by atoms with van der Waals surface area (Å²) in [5.41, 5.74) is 0. The second kappa shape index (κ2) is 5.86. The van der Waals surface area contributed by atoms with Gasteiger partial charge in [-0.1, -0.05) is 0 Å². The number of nitrogens with one attached hydrogen (secondary N) is 1. The Morgan fingerprint density at radius 2 is 2.22 bits per heavy atom. The van der Waals surface area contributed by atoms with Crippen LogP contribution in [-0.2, 0) is 4.74 Å². The number of ether oxygens (including phenoxy) is 1. The Bertz CT molecular complexity index is 300. The molecular formula is C12H23N3O3. The van der Waals surface area contributed by atoms with Crippen molar-refractivity contribution < 1.29 is 14.6 Å². The van der Waals surface area contributed by atoms with E-state index in [-0.39, 0.29) is 18.2 Å². The third-order valence-corrected chi connectivity index (χ3v) is 3.70. The number of carbonyl (C=O) groups is 1. The number of piperazine rings is 1. The fraction of sp³-hybridized carbons (Fsp3) is 0.917. The van der Waals surface area contributed by atoms with Gasteiger partial charge >= 0.3 is 6.09 Å². The maximum Gasteiger partial charge on any atom is 0.407 e. The number of morpholine rings is 1. The zero-order valence-corrected chi connectivity index (χ0v) is 11.1. The second-order valence-corrected chi connectivity index (χ2v) is 5.33. The molecule has 0 aromatic rings. The summed E-state index contributed by atoms with van der Waals surface area (Å²) in [6, 6.07) is 0.282. The van der Waals surface area contributed by atoms with Crippen molar-refractivity contribution in [1.82, 2.24) is 15.1 Å². The van der Waals surface area contributed by atoms with Gasteiger partial charge in [0.25, 0.3) is 0 Å². The van der Waals surface area contributed by atoms with Gasteiger partial charge in [-0.25, -0.2) is 4.79 Å². The quantitative estimate of drug-likeness (QED) is 0.731. The summed E-state index contributed by atoms with van der Waals surface area (Å²) in [5.74, 6) is 0. The van der Waals surface area contributed by atoms with Crippen LogP contribution in [0.3, 0.4) is 0 Å². The van der Waals surface area contributed by atoms with Crippen molar-refractivity contribution in [2.45, 2.75) is 32.0 Å². The van der Waals surface area contributed by atoms with Gasteiger partial charge < -0.3 is 20.1 Å². The van der Waals surface area contributed by atoms with Crippen molar-refractivity contribution in [2.24, 2.45) is 0 Å². The summed E-state index contributed by atoms with van der Waals surface area (Å²) in [4.78, 5) is 15.0. The molecule has 18 heavy (non-hydrogen) atoms. The van der Waals surface area contributed by atoms with Gasteiger partial charge in [0.15, 0.2) is 0 Å². The normalized spacial score (nSPS) is 34.6. The lowest BCUT2D eigenvalue weighted by Gasteiger charge is -2.40. The molecule has 2 rings (SSSR count). The van der Waals surface area contributed by atoms with Crippen LogP contribution in [-0.4, -0.2) is 78.5 Å². The molecule has 0 bridgehead atoms. The molecule has 6 nitrogen and oxygen atoms in total. The molecule has 0 saturated carbocycles. The van der Waals surface area contributed by atoms with Gasteiger partial charge in [0.2, 0.25) is 0 Å². The summed E-state index contributed by atoms with van der Waals surface area (Å²) >= 11 is 0. The van der Waals surface area contributed by atoms with Crippen LogP contribution in [0.2, 0.25) is 0 Å². The van der Waals surface area contributed by atoms with Crippen molar-refractivity contribution in [3.8, 4) is 0 Å². The first-order valence-corrected chi connectivity index (χ1v) is 6.63. The summed E-state index contributed by atoms with van der Waals surface area (Å²) in [5, 5.41) is 12.6. The van der Waals surface area contributed by atoms with E-state index in [2.05, 4.69) is 17.1 Å². The summed E-state index contributed by atoms with van der Waals surface area (Å²) in [6.45, 7) is 8.85. The Morgan fingerprint density at radius 1 is 1.44 bits per heavy atom. The topological polar surface area (TPSA) is 65.0 Å².